The molecule has 0 amide bonds. The number of methoxy groups -OCH3 is 1. The zero-order chi connectivity index (χ0) is 23.0. The van der Waals surface area contributed by atoms with Crippen molar-refractivity contribution in [1.82, 2.24) is 19.7 Å². The summed E-state index contributed by atoms with van der Waals surface area (Å²) in [6, 6.07) is 7.47. The van der Waals surface area contributed by atoms with Gasteiger partial charge in [0.1, 0.15) is 12.4 Å². The van der Waals surface area contributed by atoms with Gasteiger partial charge < -0.3 is 19.7 Å². The molecule has 2 saturated heterocycles. The number of rotatable bonds is 7. The molecule has 3 aliphatic rings. The highest BCUT2D eigenvalue weighted by Crippen LogP contribution is 2.34. The third kappa shape index (κ3) is 4.41. The molecule has 0 bridgehead atoms. The van der Waals surface area contributed by atoms with E-state index in [0.29, 0.717) is 25.5 Å². The lowest BCUT2D eigenvalue weighted by molar-refractivity contribution is 0.228. The van der Waals surface area contributed by atoms with E-state index in [0.717, 1.165) is 40.2 Å². The minimum atomic E-state index is -3.41. The van der Waals surface area contributed by atoms with Crippen LogP contribution < -0.4 is 24.4 Å². The Hall–Kier alpha value is -3.10. The highest BCUT2D eigenvalue weighted by molar-refractivity contribution is 7.87. The van der Waals surface area contributed by atoms with Gasteiger partial charge in [0.05, 0.1) is 36.0 Å². The van der Waals surface area contributed by atoms with Crippen LogP contribution in [0.3, 0.4) is 0 Å². The van der Waals surface area contributed by atoms with Crippen LogP contribution in [0.1, 0.15) is 5.69 Å². The summed E-state index contributed by atoms with van der Waals surface area (Å²) in [5.74, 6) is 1.34. The number of nitrogens with one attached hydrogen (secondary N) is 3. The van der Waals surface area contributed by atoms with Crippen molar-refractivity contribution in [2.45, 2.75) is 12.1 Å². The zero-order valence-corrected chi connectivity index (χ0v) is 19.2. The van der Waals surface area contributed by atoms with Gasteiger partial charge in [0.25, 0.3) is 10.2 Å². The Kier molecular flexibility index (Phi) is 5.72. The number of ether oxygens (including phenoxy) is 2. The molecule has 1 aromatic heterocycles. The summed E-state index contributed by atoms with van der Waals surface area (Å²) in [5, 5.41) is 4.01. The van der Waals surface area contributed by atoms with E-state index in [1.165, 1.54) is 0 Å². The van der Waals surface area contributed by atoms with Crippen molar-refractivity contribution in [3.8, 4) is 5.75 Å². The minimum Gasteiger partial charge on any atom is -0.497 e. The zero-order valence-electron chi connectivity index (χ0n) is 18.4. The van der Waals surface area contributed by atoms with Crippen LogP contribution in [0.4, 0.5) is 5.69 Å². The minimum absolute atomic E-state index is 0.172. The van der Waals surface area contributed by atoms with Crippen molar-refractivity contribution < 1.29 is 17.9 Å². The third-order valence-corrected chi connectivity index (χ3v) is 7.10. The van der Waals surface area contributed by atoms with Crippen molar-refractivity contribution in [3.63, 3.8) is 0 Å². The van der Waals surface area contributed by atoms with E-state index in [-0.39, 0.29) is 12.1 Å². The molecule has 2 aliphatic heterocycles. The molecular formula is C23H25N5O4S. The lowest BCUT2D eigenvalue weighted by atomic mass is 10.1. The van der Waals surface area contributed by atoms with Gasteiger partial charge in [0.15, 0.2) is 5.76 Å². The summed E-state index contributed by atoms with van der Waals surface area (Å²) in [7, 11) is 0.0928. The maximum absolute atomic E-state index is 11.8. The first-order chi connectivity index (χ1) is 16.0. The predicted octanol–water partition coefficient (Wildman–Crippen LogP) is 1.07. The highest BCUT2D eigenvalue weighted by atomic mass is 32.2. The molecule has 5 rings (SSSR count). The predicted molar refractivity (Wildman–Crippen MR) is 126 cm³/mol. The van der Waals surface area contributed by atoms with Crippen LogP contribution >= 0.6 is 0 Å². The Morgan fingerprint density at radius 3 is 2.64 bits per heavy atom. The van der Waals surface area contributed by atoms with Gasteiger partial charge in [0.2, 0.25) is 0 Å². The maximum Gasteiger partial charge on any atom is 0.277 e. The summed E-state index contributed by atoms with van der Waals surface area (Å²) in [6.45, 7) is 2.43. The van der Waals surface area contributed by atoms with Crippen LogP contribution in [0.5, 0.6) is 5.75 Å². The Labute approximate surface area is 192 Å². The van der Waals surface area contributed by atoms with Crippen LogP contribution in [0.15, 0.2) is 53.6 Å². The molecule has 0 saturated carbocycles. The van der Waals surface area contributed by atoms with E-state index < -0.39 is 10.2 Å². The van der Waals surface area contributed by atoms with E-state index >= 15 is 0 Å². The van der Waals surface area contributed by atoms with Gasteiger partial charge in [-0.1, -0.05) is 5.73 Å². The summed E-state index contributed by atoms with van der Waals surface area (Å²) in [6.07, 6.45) is 3.77. The van der Waals surface area contributed by atoms with Gasteiger partial charge in [-0.2, -0.15) is 17.9 Å². The highest BCUT2D eigenvalue weighted by Gasteiger charge is 2.43. The van der Waals surface area contributed by atoms with Gasteiger partial charge in [0, 0.05) is 36.8 Å². The molecule has 0 radical (unpaired) electrons. The Morgan fingerprint density at radius 2 is 1.97 bits per heavy atom. The second-order valence-corrected chi connectivity index (χ2v) is 9.56. The largest absolute Gasteiger partial charge is 0.497 e. The lowest BCUT2D eigenvalue weighted by Crippen LogP contribution is -2.35. The SMILES string of the molecule is CNCCOC1=C=C=C(c2cc(N3CC4NS(=O)(=O)NC4C3)c3ccc(OC)cc3n2)C=C1. The number of benzene rings is 1. The van der Waals surface area contributed by atoms with Gasteiger partial charge in [-0.05, 0) is 43.1 Å². The topological polar surface area (TPSA) is 105 Å². The number of likely N-dealkylation sites (N-methyl/N-ethyl adjacent to an activating group) is 1. The molecule has 2 fully saturated rings. The number of anilines is 1. The van der Waals surface area contributed by atoms with E-state index in [4.69, 9.17) is 14.5 Å². The monoisotopic (exact) mass is 467 g/mol. The van der Waals surface area contributed by atoms with Crippen molar-refractivity contribution >= 4 is 32.4 Å². The second-order valence-electron chi connectivity index (χ2n) is 8.08. The van der Waals surface area contributed by atoms with Crippen LogP contribution in [0.25, 0.3) is 16.5 Å². The molecule has 3 heterocycles. The quantitative estimate of drug-likeness (QED) is 0.413. The summed E-state index contributed by atoms with van der Waals surface area (Å²) in [5.41, 5.74) is 9.52. The van der Waals surface area contributed by atoms with Crippen molar-refractivity contribution in [2.24, 2.45) is 0 Å². The number of aromatic nitrogens is 1. The normalized spacial score (nSPS) is 22.9. The molecule has 0 spiro atoms. The van der Waals surface area contributed by atoms with E-state index in [1.54, 1.807) is 7.11 Å². The van der Waals surface area contributed by atoms with Gasteiger partial charge >= 0.3 is 0 Å². The molecular weight excluding hydrogens is 442 g/mol. The molecule has 9 nitrogen and oxygen atoms in total. The molecule has 2 atom stereocenters. The molecule has 2 unspecified atom stereocenters. The molecule has 3 N–H and O–H groups in total. The number of fused-ring (bicyclic) bond motifs is 2. The fraction of sp³-hybridized carbons (Fsp3) is 0.348. The lowest BCUT2D eigenvalue weighted by Gasteiger charge is -2.22. The number of hydrogen-bond donors (Lipinski definition) is 3. The van der Waals surface area contributed by atoms with Crippen molar-refractivity contribution in [2.75, 3.05) is 45.3 Å². The van der Waals surface area contributed by atoms with Crippen LogP contribution in [-0.4, -0.2) is 65.9 Å². The Balaban J connectivity index is 1.53. The number of allylic oxidation sites excluding steroid dienone is 3. The van der Waals surface area contributed by atoms with E-state index in [2.05, 4.69) is 31.1 Å². The van der Waals surface area contributed by atoms with Gasteiger partial charge in [-0.25, -0.2) is 4.98 Å². The first-order valence-electron chi connectivity index (χ1n) is 10.7. The maximum atomic E-state index is 11.8. The third-order valence-electron chi connectivity index (χ3n) is 5.88. The first-order valence-corrected chi connectivity index (χ1v) is 12.2. The number of hydrogen-bond acceptors (Lipinski definition) is 7. The fourth-order valence-electron chi connectivity index (χ4n) is 4.26. The molecule has 172 valence electrons. The van der Waals surface area contributed by atoms with Gasteiger partial charge in [-0.3, -0.25) is 0 Å². The smallest absolute Gasteiger partial charge is 0.277 e. The van der Waals surface area contributed by atoms with Gasteiger partial charge in [-0.15, -0.1) is 0 Å². The summed E-state index contributed by atoms with van der Waals surface area (Å²) >= 11 is 0. The summed E-state index contributed by atoms with van der Waals surface area (Å²) in [4.78, 5) is 7.03. The van der Waals surface area contributed by atoms with E-state index in [1.807, 2.05) is 43.5 Å². The number of nitrogens with zero attached hydrogens (tertiary/aromatic N) is 2. The van der Waals surface area contributed by atoms with Crippen LogP contribution in [-0.2, 0) is 14.9 Å². The molecule has 33 heavy (non-hydrogen) atoms. The average molecular weight is 468 g/mol. The van der Waals surface area contributed by atoms with Crippen LogP contribution in [0, 0.1) is 0 Å². The molecule has 2 aromatic rings. The molecule has 1 aromatic carbocycles. The summed E-state index contributed by atoms with van der Waals surface area (Å²) < 4.78 is 40.1. The molecule has 10 heteroatoms. The van der Waals surface area contributed by atoms with E-state index in [9.17, 15) is 8.42 Å². The Morgan fingerprint density at radius 1 is 1.18 bits per heavy atom. The fourth-order valence-corrected chi connectivity index (χ4v) is 5.60. The average Bonchev–Trinajstić information content (AvgIpc) is 3.32. The standard InChI is InChI=1S/C23H25N5O4S/c1-24-9-10-32-16-5-3-15(4-6-16)19-12-23(18-8-7-17(31-2)11-20(18)25-19)28-13-21-22(14-28)27-33(29,30)26-21/h3,5,7-8,11-12,21-22,24,26-27H,9-10,13-14H2,1-2H3. The Bertz CT molecular complexity index is 1320. The molecule has 1 aliphatic carbocycles. The second kappa shape index (κ2) is 8.68. The first kappa shape index (κ1) is 21.7. The van der Waals surface area contributed by atoms with Crippen LogP contribution in [0.2, 0.25) is 0 Å². The number of pyridine rings is 1. The van der Waals surface area contributed by atoms with Crippen molar-refractivity contribution in [1.29, 1.82) is 0 Å². The van der Waals surface area contributed by atoms with Crippen molar-refractivity contribution in [3.05, 3.63) is 59.3 Å².